The van der Waals surface area contributed by atoms with Gasteiger partial charge in [-0.1, -0.05) is 26.0 Å². The number of rotatable bonds is 3. The number of aromatic amines is 1. The summed E-state index contributed by atoms with van der Waals surface area (Å²) in [4.78, 5) is 5.30. The fourth-order valence-electron chi connectivity index (χ4n) is 3.11. The molecule has 0 spiro atoms. The maximum atomic E-state index is 13.5. The van der Waals surface area contributed by atoms with Gasteiger partial charge in [0.2, 0.25) is 0 Å². The Hall–Kier alpha value is -1.42. The van der Waals surface area contributed by atoms with E-state index in [1.807, 2.05) is 17.0 Å². The third kappa shape index (κ3) is 3.10. The molecule has 1 aromatic carbocycles. The first-order valence-corrected chi connectivity index (χ1v) is 7.65. The number of fused-ring (bicyclic) bond motifs is 1. The van der Waals surface area contributed by atoms with E-state index in [0.717, 1.165) is 23.0 Å². The van der Waals surface area contributed by atoms with Gasteiger partial charge < -0.3 is 4.98 Å². The molecule has 114 valence electrons. The molecule has 2 aromatic rings. The summed E-state index contributed by atoms with van der Waals surface area (Å²) >= 11 is 0. The second kappa shape index (κ2) is 5.41. The highest BCUT2D eigenvalue weighted by Crippen LogP contribution is 2.29. The highest BCUT2D eigenvalue weighted by Gasteiger charge is 2.35. The summed E-state index contributed by atoms with van der Waals surface area (Å²) in [6, 6.07) is 8.26. The van der Waals surface area contributed by atoms with Crippen LogP contribution in [0.1, 0.15) is 43.9 Å². The minimum atomic E-state index is -2.53. The molecule has 1 aromatic heterocycles. The Bertz CT molecular complexity index is 631. The Kier molecular flexibility index (Phi) is 3.74. The van der Waals surface area contributed by atoms with Gasteiger partial charge in [-0.25, -0.2) is 8.78 Å². The first-order valence-electron chi connectivity index (χ1n) is 7.65. The maximum absolute atomic E-state index is 13.5. The minimum absolute atomic E-state index is 0.0232. The molecule has 2 nitrogen and oxygen atoms in total. The van der Waals surface area contributed by atoms with Crippen molar-refractivity contribution in [3.63, 3.8) is 0 Å². The van der Waals surface area contributed by atoms with Crippen molar-refractivity contribution in [1.29, 1.82) is 0 Å². The summed E-state index contributed by atoms with van der Waals surface area (Å²) in [5.74, 6) is -2.10. The minimum Gasteiger partial charge on any atom is -0.358 e. The largest absolute Gasteiger partial charge is 0.358 e. The number of alkyl halides is 2. The van der Waals surface area contributed by atoms with E-state index >= 15 is 0 Å². The molecule has 21 heavy (non-hydrogen) atoms. The molecule has 1 aliphatic rings. The van der Waals surface area contributed by atoms with Gasteiger partial charge in [0.15, 0.2) is 0 Å². The van der Waals surface area contributed by atoms with Gasteiger partial charge in [-0.3, -0.25) is 4.90 Å². The van der Waals surface area contributed by atoms with Gasteiger partial charge >= 0.3 is 0 Å². The van der Waals surface area contributed by atoms with Crippen LogP contribution < -0.4 is 0 Å². The molecule has 0 unspecified atom stereocenters. The van der Waals surface area contributed by atoms with Crippen LogP contribution in [-0.4, -0.2) is 28.9 Å². The average molecular weight is 292 g/mol. The summed E-state index contributed by atoms with van der Waals surface area (Å²) in [5.41, 5.74) is 3.43. The summed E-state index contributed by atoms with van der Waals surface area (Å²) in [6.07, 6.45) is 0.600. The summed E-state index contributed by atoms with van der Waals surface area (Å²) in [6.45, 7) is 5.53. The van der Waals surface area contributed by atoms with Crippen molar-refractivity contribution in [3.05, 3.63) is 35.5 Å². The van der Waals surface area contributed by atoms with Crippen LogP contribution in [0.15, 0.2) is 24.3 Å². The molecule has 4 heteroatoms. The van der Waals surface area contributed by atoms with E-state index in [4.69, 9.17) is 0 Å². The topological polar surface area (TPSA) is 19.0 Å². The molecule has 0 radical (unpaired) electrons. The van der Waals surface area contributed by atoms with E-state index in [2.05, 4.69) is 31.0 Å². The van der Waals surface area contributed by atoms with Gasteiger partial charge in [-0.15, -0.1) is 0 Å². The Balaban J connectivity index is 1.86. The lowest BCUT2D eigenvalue weighted by Gasteiger charge is -2.32. The van der Waals surface area contributed by atoms with E-state index in [9.17, 15) is 8.78 Å². The molecule has 0 amide bonds. The summed E-state index contributed by atoms with van der Waals surface area (Å²) in [7, 11) is 0. The molecule has 0 aliphatic carbocycles. The molecule has 3 rings (SSSR count). The number of hydrogen-bond acceptors (Lipinski definition) is 1. The predicted octanol–water partition coefficient (Wildman–Crippen LogP) is 4.52. The van der Waals surface area contributed by atoms with Crippen molar-refractivity contribution in [3.8, 4) is 0 Å². The van der Waals surface area contributed by atoms with E-state index in [1.54, 1.807) is 0 Å². The molecule has 0 saturated carbocycles. The quantitative estimate of drug-likeness (QED) is 0.881. The molecule has 1 saturated heterocycles. The van der Waals surface area contributed by atoms with Crippen LogP contribution in [0.25, 0.3) is 10.9 Å². The van der Waals surface area contributed by atoms with E-state index in [1.165, 1.54) is 5.69 Å². The molecular formula is C17H22F2N2. The number of aromatic nitrogens is 1. The monoisotopic (exact) mass is 292 g/mol. The van der Waals surface area contributed by atoms with Crippen LogP contribution in [0.4, 0.5) is 8.78 Å². The van der Waals surface area contributed by atoms with Crippen LogP contribution in [-0.2, 0) is 6.54 Å². The standard InChI is InChI=1S/C17H22F2N2/c1-12(2)16-9-14-13(5-3-6-15(14)20-16)10-21-8-4-7-17(18,19)11-21/h3,5-6,9,12,20H,4,7-8,10-11H2,1-2H3. The number of hydrogen-bond donors (Lipinski definition) is 1. The molecular weight excluding hydrogens is 270 g/mol. The number of nitrogens with one attached hydrogen (secondary N) is 1. The lowest BCUT2D eigenvalue weighted by atomic mass is 10.0. The molecule has 0 bridgehead atoms. The smallest absolute Gasteiger partial charge is 0.260 e. The third-order valence-electron chi connectivity index (χ3n) is 4.26. The Morgan fingerprint density at radius 3 is 2.86 bits per heavy atom. The molecule has 1 aliphatic heterocycles. The van der Waals surface area contributed by atoms with Gasteiger partial charge in [-0.05, 0) is 36.6 Å². The van der Waals surface area contributed by atoms with Crippen LogP contribution in [0.3, 0.4) is 0 Å². The number of nitrogens with zero attached hydrogens (tertiary/aromatic N) is 1. The first kappa shape index (κ1) is 14.5. The second-order valence-corrected chi connectivity index (χ2v) is 6.43. The van der Waals surface area contributed by atoms with Crippen LogP contribution >= 0.6 is 0 Å². The highest BCUT2D eigenvalue weighted by atomic mass is 19.3. The van der Waals surface area contributed by atoms with Crippen molar-refractivity contribution >= 4 is 10.9 Å². The molecule has 1 N–H and O–H groups in total. The lowest BCUT2D eigenvalue weighted by Crippen LogP contribution is -2.42. The molecule has 0 atom stereocenters. The van der Waals surface area contributed by atoms with Gasteiger partial charge in [0, 0.05) is 29.6 Å². The van der Waals surface area contributed by atoms with Crippen LogP contribution in [0.2, 0.25) is 0 Å². The van der Waals surface area contributed by atoms with Gasteiger partial charge in [0.05, 0.1) is 6.54 Å². The summed E-state index contributed by atoms with van der Waals surface area (Å²) in [5, 5.41) is 1.16. The SMILES string of the molecule is CC(C)c1cc2c(CN3CCCC(F)(F)C3)cccc2[nH]1. The zero-order chi connectivity index (χ0) is 15.0. The van der Waals surface area contributed by atoms with E-state index in [-0.39, 0.29) is 13.0 Å². The van der Waals surface area contributed by atoms with Crippen molar-refractivity contribution in [1.82, 2.24) is 9.88 Å². The van der Waals surface area contributed by atoms with Crippen LogP contribution in [0.5, 0.6) is 0 Å². The number of halogens is 2. The third-order valence-corrected chi connectivity index (χ3v) is 4.26. The normalized spacial score (nSPS) is 19.5. The highest BCUT2D eigenvalue weighted by molar-refractivity contribution is 5.84. The number of likely N-dealkylation sites (tertiary alicyclic amines) is 1. The second-order valence-electron chi connectivity index (χ2n) is 6.43. The number of piperidine rings is 1. The predicted molar refractivity (Wildman–Crippen MR) is 81.8 cm³/mol. The fraction of sp³-hybridized carbons (Fsp3) is 0.529. The maximum Gasteiger partial charge on any atom is 0.260 e. The van der Waals surface area contributed by atoms with Crippen LogP contribution in [0, 0.1) is 0 Å². The lowest BCUT2D eigenvalue weighted by molar-refractivity contribution is -0.0660. The fourth-order valence-corrected chi connectivity index (χ4v) is 3.11. The van der Waals surface area contributed by atoms with Crippen molar-refractivity contribution in [2.24, 2.45) is 0 Å². The Labute approximate surface area is 124 Å². The van der Waals surface area contributed by atoms with Gasteiger partial charge in [-0.2, -0.15) is 0 Å². The van der Waals surface area contributed by atoms with Crippen molar-refractivity contribution < 1.29 is 8.78 Å². The van der Waals surface area contributed by atoms with Gasteiger partial charge in [0.1, 0.15) is 0 Å². The van der Waals surface area contributed by atoms with E-state index in [0.29, 0.717) is 18.9 Å². The molecule has 2 heterocycles. The zero-order valence-corrected chi connectivity index (χ0v) is 12.6. The Morgan fingerprint density at radius 2 is 2.14 bits per heavy atom. The molecule has 1 fully saturated rings. The zero-order valence-electron chi connectivity index (χ0n) is 12.6. The number of benzene rings is 1. The van der Waals surface area contributed by atoms with Crippen molar-refractivity contribution in [2.75, 3.05) is 13.1 Å². The van der Waals surface area contributed by atoms with Crippen molar-refractivity contribution in [2.45, 2.75) is 45.1 Å². The number of H-pyrrole nitrogens is 1. The van der Waals surface area contributed by atoms with Gasteiger partial charge in [0.25, 0.3) is 5.92 Å². The van der Waals surface area contributed by atoms with E-state index < -0.39 is 5.92 Å². The average Bonchev–Trinajstić information content (AvgIpc) is 2.83. The Morgan fingerprint density at radius 1 is 1.33 bits per heavy atom. The summed E-state index contributed by atoms with van der Waals surface area (Å²) < 4.78 is 27.1. The first-order chi connectivity index (χ1) is 9.94.